The number of nitrogens with one attached hydrogen (secondary N) is 1. The fourth-order valence-electron chi connectivity index (χ4n) is 2.73. The molecule has 0 aliphatic carbocycles. The van der Waals surface area contributed by atoms with Gasteiger partial charge in [-0.3, -0.25) is 0 Å². The molecule has 0 saturated carbocycles. The van der Waals surface area contributed by atoms with E-state index in [0.29, 0.717) is 0 Å². The lowest BCUT2D eigenvalue weighted by Crippen LogP contribution is -2.32. The van der Waals surface area contributed by atoms with Crippen LogP contribution < -0.4 is 10.2 Å². The molecule has 0 amide bonds. The predicted octanol–water partition coefficient (Wildman–Crippen LogP) is 3.14. The maximum Gasteiger partial charge on any atom is 0.0398 e. The molecule has 1 aromatic carbocycles. The van der Waals surface area contributed by atoms with Gasteiger partial charge in [0.15, 0.2) is 0 Å². The number of aryl methyl sites for hydroxylation is 2. The summed E-state index contributed by atoms with van der Waals surface area (Å²) in [7, 11) is 0. The van der Waals surface area contributed by atoms with Gasteiger partial charge in [-0.15, -0.1) is 0 Å². The lowest BCUT2D eigenvalue weighted by molar-refractivity contribution is 0.610. The maximum atomic E-state index is 3.48. The van der Waals surface area contributed by atoms with Gasteiger partial charge < -0.3 is 10.2 Å². The molecule has 18 heavy (non-hydrogen) atoms. The lowest BCUT2D eigenvalue weighted by Gasteiger charge is -2.31. The second-order valence-electron chi connectivity index (χ2n) is 5.33. The van der Waals surface area contributed by atoms with Gasteiger partial charge in [0, 0.05) is 18.8 Å². The Morgan fingerprint density at radius 3 is 3.00 bits per heavy atom. The summed E-state index contributed by atoms with van der Waals surface area (Å²) in [5, 5.41) is 3.48. The van der Waals surface area contributed by atoms with Crippen molar-refractivity contribution in [3.8, 4) is 0 Å². The van der Waals surface area contributed by atoms with Crippen molar-refractivity contribution < 1.29 is 0 Å². The molecule has 1 aliphatic rings. The van der Waals surface area contributed by atoms with Gasteiger partial charge in [-0.05, 0) is 57.3 Å². The van der Waals surface area contributed by atoms with Gasteiger partial charge in [-0.25, -0.2) is 0 Å². The highest BCUT2D eigenvalue weighted by Crippen LogP contribution is 2.27. The summed E-state index contributed by atoms with van der Waals surface area (Å²) >= 11 is 0. The van der Waals surface area contributed by atoms with E-state index in [1.54, 1.807) is 5.56 Å². The molecular weight excluding hydrogens is 220 g/mol. The Morgan fingerprint density at radius 2 is 2.17 bits per heavy atom. The quantitative estimate of drug-likeness (QED) is 0.776. The first-order chi connectivity index (χ1) is 8.81. The molecule has 2 heteroatoms. The Kier molecular flexibility index (Phi) is 5.06. The van der Waals surface area contributed by atoms with E-state index in [9.17, 15) is 0 Å². The minimum Gasteiger partial charge on any atom is -0.371 e. The Bertz CT molecular complexity index is 373. The van der Waals surface area contributed by atoms with E-state index in [0.717, 1.165) is 13.1 Å². The van der Waals surface area contributed by atoms with Crippen molar-refractivity contribution in [2.75, 3.05) is 31.1 Å². The molecule has 1 N–H and O–H groups in total. The molecule has 1 heterocycles. The minimum atomic E-state index is 1.14. The SMILES string of the molecule is CCCNCCCN1CCCc2cc(C)ccc21. The third-order valence-corrected chi connectivity index (χ3v) is 3.66. The maximum absolute atomic E-state index is 3.48. The number of hydrogen-bond acceptors (Lipinski definition) is 2. The van der Waals surface area contributed by atoms with Crippen LogP contribution in [0.5, 0.6) is 0 Å². The van der Waals surface area contributed by atoms with Gasteiger partial charge in [-0.2, -0.15) is 0 Å². The molecule has 0 saturated heterocycles. The van der Waals surface area contributed by atoms with E-state index in [2.05, 4.69) is 42.3 Å². The van der Waals surface area contributed by atoms with E-state index >= 15 is 0 Å². The monoisotopic (exact) mass is 246 g/mol. The third-order valence-electron chi connectivity index (χ3n) is 3.66. The first-order valence-electron chi connectivity index (χ1n) is 7.36. The van der Waals surface area contributed by atoms with Crippen LogP contribution in [0.1, 0.15) is 37.3 Å². The number of anilines is 1. The largest absolute Gasteiger partial charge is 0.371 e. The summed E-state index contributed by atoms with van der Waals surface area (Å²) in [6.45, 7) is 9.11. The summed E-state index contributed by atoms with van der Waals surface area (Å²) in [5.41, 5.74) is 4.41. The number of rotatable bonds is 6. The normalized spacial score (nSPS) is 14.7. The van der Waals surface area contributed by atoms with Crippen molar-refractivity contribution >= 4 is 5.69 Å². The molecule has 1 aromatic rings. The molecule has 0 aromatic heterocycles. The Labute approximate surface area is 111 Å². The summed E-state index contributed by atoms with van der Waals surface area (Å²) in [4.78, 5) is 2.56. The molecule has 2 nitrogen and oxygen atoms in total. The van der Waals surface area contributed by atoms with Gasteiger partial charge >= 0.3 is 0 Å². The van der Waals surface area contributed by atoms with Gasteiger partial charge in [0.25, 0.3) is 0 Å². The molecule has 0 fully saturated rings. The Hall–Kier alpha value is -1.02. The van der Waals surface area contributed by atoms with E-state index in [-0.39, 0.29) is 0 Å². The molecule has 100 valence electrons. The van der Waals surface area contributed by atoms with Crippen molar-refractivity contribution in [3.05, 3.63) is 29.3 Å². The van der Waals surface area contributed by atoms with E-state index in [4.69, 9.17) is 0 Å². The lowest BCUT2D eigenvalue weighted by atomic mass is 9.99. The number of fused-ring (bicyclic) bond motifs is 1. The smallest absolute Gasteiger partial charge is 0.0398 e. The van der Waals surface area contributed by atoms with Crippen molar-refractivity contribution in [2.45, 2.75) is 39.5 Å². The van der Waals surface area contributed by atoms with Crippen molar-refractivity contribution in [1.82, 2.24) is 5.32 Å². The van der Waals surface area contributed by atoms with Crippen LogP contribution in [0.2, 0.25) is 0 Å². The molecule has 0 unspecified atom stereocenters. The molecular formula is C16H26N2. The minimum absolute atomic E-state index is 1.14. The second kappa shape index (κ2) is 6.79. The highest BCUT2D eigenvalue weighted by atomic mass is 15.1. The fourth-order valence-corrected chi connectivity index (χ4v) is 2.73. The first-order valence-corrected chi connectivity index (χ1v) is 7.36. The second-order valence-corrected chi connectivity index (χ2v) is 5.33. The van der Waals surface area contributed by atoms with Crippen LogP contribution in [-0.4, -0.2) is 26.2 Å². The highest BCUT2D eigenvalue weighted by Gasteiger charge is 2.15. The zero-order valence-corrected chi connectivity index (χ0v) is 11.8. The van der Waals surface area contributed by atoms with Crippen LogP contribution in [0.15, 0.2) is 18.2 Å². The number of benzene rings is 1. The Balaban J connectivity index is 1.88. The Morgan fingerprint density at radius 1 is 1.28 bits per heavy atom. The highest BCUT2D eigenvalue weighted by molar-refractivity contribution is 5.56. The van der Waals surface area contributed by atoms with Gasteiger partial charge in [-0.1, -0.05) is 24.6 Å². The van der Waals surface area contributed by atoms with E-state index in [1.807, 2.05) is 0 Å². The summed E-state index contributed by atoms with van der Waals surface area (Å²) in [6, 6.07) is 6.91. The van der Waals surface area contributed by atoms with Crippen molar-refractivity contribution in [3.63, 3.8) is 0 Å². The average molecular weight is 246 g/mol. The predicted molar refractivity (Wildman–Crippen MR) is 79.5 cm³/mol. The molecule has 2 rings (SSSR count). The van der Waals surface area contributed by atoms with E-state index in [1.165, 1.54) is 50.0 Å². The van der Waals surface area contributed by atoms with Crippen LogP contribution in [0, 0.1) is 6.92 Å². The molecule has 1 aliphatic heterocycles. The molecule has 0 spiro atoms. The molecule has 0 atom stereocenters. The van der Waals surface area contributed by atoms with Gasteiger partial charge in [0.05, 0.1) is 0 Å². The van der Waals surface area contributed by atoms with Crippen molar-refractivity contribution in [2.24, 2.45) is 0 Å². The number of hydrogen-bond donors (Lipinski definition) is 1. The zero-order chi connectivity index (χ0) is 12.8. The van der Waals surface area contributed by atoms with Crippen LogP contribution >= 0.6 is 0 Å². The van der Waals surface area contributed by atoms with Gasteiger partial charge in [0.2, 0.25) is 0 Å². The standard InChI is InChI=1S/C16H26N2/c1-3-9-17-10-5-12-18-11-4-6-15-13-14(2)7-8-16(15)18/h7-8,13,17H,3-6,9-12H2,1-2H3. The number of nitrogens with zero attached hydrogens (tertiary/aromatic N) is 1. The third kappa shape index (κ3) is 3.49. The van der Waals surface area contributed by atoms with Crippen LogP contribution in [0.3, 0.4) is 0 Å². The summed E-state index contributed by atoms with van der Waals surface area (Å²) in [6.07, 6.45) is 5.03. The first kappa shape index (κ1) is 13.4. The topological polar surface area (TPSA) is 15.3 Å². The van der Waals surface area contributed by atoms with Crippen LogP contribution in [0.25, 0.3) is 0 Å². The molecule has 0 bridgehead atoms. The average Bonchev–Trinajstić information content (AvgIpc) is 2.38. The fraction of sp³-hybridized carbons (Fsp3) is 0.625. The van der Waals surface area contributed by atoms with Crippen LogP contribution in [0.4, 0.5) is 5.69 Å². The summed E-state index contributed by atoms with van der Waals surface area (Å²) in [5.74, 6) is 0. The van der Waals surface area contributed by atoms with Crippen LogP contribution in [-0.2, 0) is 6.42 Å². The van der Waals surface area contributed by atoms with Gasteiger partial charge in [0.1, 0.15) is 0 Å². The summed E-state index contributed by atoms with van der Waals surface area (Å²) < 4.78 is 0. The van der Waals surface area contributed by atoms with E-state index < -0.39 is 0 Å². The zero-order valence-electron chi connectivity index (χ0n) is 11.8. The molecule has 0 radical (unpaired) electrons. The van der Waals surface area contributed by atoms with Crippen molar-refractivity contribution in [1.29, 1.82) is 0 Å².